The summed E-state index contributed by atoms with van der Waals surface area (Å²) in [7, 11) is 0. The molecule has 0 aliphatic heterocycles. The second-order valence-corrected chi connectivity index (χ2v) is 3.82. The van der Waals surface area contributed by atoms with Crippen LogP contribution in [0.2, 0.25) is 5.02 Å². The van der Waals surface area contributed by atoms with Crippen LogP contribution in [0.15, 0.2) is 24.3 Å². The number of hydrogen-bond donors (Lipinski definition) is 1. The van der Waals surface area contributed by atoms with Crippen LogP contribution in [0.25, 0.3) is 0 Å². The van der Waals surface area contributed by atoms with Crippen LogP contribution in [0.4, 0.5) is 0 Å². The third-order valence-electron chi connectivity index (χ3n) is 2.06. The van der Waals surface area contributed by atoms with Crippen molar-refractivity contribution in [3.8, 4) is 11.8 Å². The van der Waals surface area contributed by atoms with E-state index >= 15 is 0 Å². The molecule has 1 aromatic rings. The maximum absolute atomic E-state index is 9.71. The van der Waals surface area contributed by atoms with Crippen LogP contribution in [0.3, 0.4) is 0 Å². The minimum Gasteiger partial charge on any atom is -0.376 e. The SMILES string of the molecule is CCCCC#CC(O)c1cccc(Cl)c1. The fourth-order valence-corrected chi connectivity index (χ4v) is 1.39. The molecular weight excluding hydrogens is 208 g/mol. The summed E-state index contributed by atoms with van der Waals surface area (Å²) in [5.74, 6) is 5.77. The van der Waals surface area contributed by atoms with E-state index in [9.17, 15) is 5.11 Å². The molecule has 1 rings (SSSR count). The molecule has 0 heterocycles. The highest BCUT2D eigenvalue weighted by molar-refractivity contribution is 6.30. The van der Waals surface area contributed by atoms with Crippen molar-refractivity contribution in [1.29, 1.82) is 0 Å². The zero-order valence-corrected chi connectivity index (χ0v) is 9.59. The molecule has 0 saturated heterocycles. The fourth-order valence-electron chi connectivity index (χ4n) is 1.19. The van der Waals surface area contributed by atoms with Crippen molar-refractivity contribution < 1.29 is 5.11 Å². The standard InChI is InChI=1S/C13H15ClO/c1-2-3-4-5-9-13(15)11-7-6-8-12(14)10-11/h6-8,10,13,15H,2-4H2,1H3. The van der Waals surface area contributed by atoms with E-state index < -0.39 is 6.10 Å². The third-order valence-corrected chi connectivity index (χ3v) is 2.29. The van der Waals surface area contributed by atoms with E-state index in [1.807, 2.05) is 12.1 Å². The number of hydrogen-bond acceptors (Lipinski definition) is 1. The highest BCUT2D eigenvalue weighted by atomic mass is 35.5. The second-order valence-electron chi connectivity index (χ2n) is 3.38. The maximum Gasteiger partial charge on any atom is 0.140 e. The van der Waals surface area contributed by atoms with E-state index in [1.54, 1.807) is 12.1 Å². The van der Waals surface area contributed by atoms with Gasteiger partial charge in [-0.05, 0) is 24.1 Å². The molecule has 15 heavy (non-hydrogen) atoms. The van der Waals surface area contributed by atoms with Gasteiger partial charge < -0.3 is 5.11 Å². The van der Waals surface area contributed by atoms with E-state index in [0.717, 1.165) is 24.8 Å². The molecule has 2 heteroatoms. The second kappa shape index (κ2) is 6.50. The Hall–Kier alpha value is -0.970. The Bertz CT molecular complexity index is 362. The molecule has 80 valence electrons. The molecule has 0 fully saturated rings. The van der Waals surface area contributed by atoms with Gasteiger partial charge in [0, 0.05) is 11.4 Å². The Balaban J connectivity index is 2.59. The van der Waals surface area contributed by atoms with Gasteiger partial charge in [-0.2, -0.15) is 0 Å². The van der Waals surface area contributed by atoms with Crippen LogP contribution in [0.5, 0.6) is 0 Å². The van der Waals surface area contributed by atoms with Gasteiger partial charge in [-0.15, -0.1) is 5.92 Å². The van der Waals surface area contributed by atoms with Gasteiger partial charge in [0.15, 0.2) is 0 Å². The number of aliphatic hydroxyl groups is 1. The highest BCUT2D eigenvalue weighted by Gasteiger charge is 2.02. The molecule has 1 N–H and O–H groups in total. The molecule has 0 aliphatic carbocycles. The lowest BCUT2D eigenvalue weighted by Gasteiger charge is -2.03. The lowest BCUT2D eigenvalue weighted by Crippen LogP contribution is -1.92. The van der Waals surface area contributed by atoms with Crippen molar-refractivity contribution in [3.63, 3.8) is 0 Å². The van der Waals surface area contributed by atoms with Crippen LogP contribution in [-0.2, 0) is 0 Å². The van der Waals surface area contributed by atoms with Crippen LogP contribution in [0.1, 0.15) is 37.9 Å². The van der Waals surface area contributed by atoms with E-state index in [-0.39, 0.29) is 0 Å². The number of halogens is 1. The molecule has 0 aromatic heterocycles. The summed E-state index contributed by atoms with van der Waals surface area (Å²) in [6, 6.07) is 7.16. The first kappa shape index (κ1) is 12.1. The summed E-state index contributed by atoms with van der Waals surface area (Å²) >= 11 is 5.81. The van der Waals surface area contributed by atoms with Crippen molar-refractivity contribution in [1.82, 2.24) is 0 Å². The number of unbranched alkanes of at least 4 members (excludes halogenated alkanes) is 2. The maximum atomic E-state index is 9.71. The summed E-state index contributed by atoms with van der Waals surface area (Å²) in [6.45, 7) is 2.12. The first-order valence-electron chi connectivity index (χ1n) is 5.16. The number of rotatable bonds is 3. The summed E-state index contributed by atoms with van der Waals surface area (Å²) in [5, 5.41) is 10.3. The van der Waals surface area contributed by atoms with Gasteiger partial charge in [0.25, 0.3) is 0 Å². The average molecular weight is 223 g/mol. The van der Waals surface area contributed by atoms with Gasteiger partial charge in [0.1, 0.15) is 6.10 Å². The van der Waals surface area contributed by atoms with E-state index in [0.29, 0.717) is 5.02 Å². The Labute approximate surface area is 96.1 Å². The van der Waals surface area contributed by atoms with Crippen molar-refractivity contribution in [3.05, 3.63) is 34.9 Å². The molecule has 0 spiro atoms. The summed E-state index contributed by atoms with van der Waals surface area (Å²) in [5.41, 5.74) is 0.756. The van der Waals surface area contributed by atoms with Crippen LogP contribution in [0, 0.1) is 11.8 Å². The van der Waals surface area contributed by atoms with Crippen LogP contribution < -0.4 is 0 Å². The lowest BCUT2D eigenvalue weighted by molar-refractivity contribution is 0.238. The monoisotopic (exact) mass is 222 g/mol. The van der Waals surface area contributed by atoms with Crippen molar-refractivity contribution in [2.75, 3.05) is 0 Å². The highest BCUT2D eigenvalue weighted by Crippen LogP contribution is 2.16. The van der Waals surface area contributed by atoms with Crippen molar-refractivity contribution in [2.45, 2.75) is 32.3 Å². The number of benzene rings is 1. The van der Waals surface area contributed by atoms with Gasteiger partial charge >= 0.3 is 0 Å². The first-order valence-corrected chi connectivity index (χ1v) is 5.53. The Kier molecular flexibility index (Phi) is 5.25. The zero-order chi connectivity index (χ0) is 11.1. The predicted octanol–water partition coefficient (Wildman–Crippen LogP) is 3.57. The molecule has 0 amide bonds. The van der Waals surface area contributed by atoms with E-state index in [1.165, 1.54) is 0 Å². The minimum absolute atomic E-state index is 0.627. The minimum atomic E-state index is -0.722. The van der Waals surface area contributed by atoms with Gasteiger partial charge in [-0.25, -0.2) is 0 Å². The van der Waals surface area contributed by atoms with Crippen molar-refractivity contribution >= 4 is 11.6 Å². The average Bonchev–Trinajstić information content (AvgIpc) is 2.24. The van der Waals surface area contributed by atoms with Gasteiger partial charge in [0.2, 0.25) is 0 Å². The van der Waals surface area contributed by atoms with Crippen LogP contribution in [-0.4, -0.2) is 5.11 Å². The van der Waals surface area contributed by atoms with Gasteiger partial charge in [0.05, 0.1) is 0 Å². The summed E-state index contributed by atoms with van der Waals surface area (Å²) in [4.78, 5) is 0. The van der Waals surface area contributed by atoms with Gasteiger partial charge in [-0.1, -0.05) is 43.0 Å². The molecular formula is C13H15ClO. The third kappa shape index (κ3) is 4.38. The quantitative estimate of drug-likeness (QED) is 0.613. The zero-order valence-electron chi connectivity index (χ0n) is 8.83. The molecule has 0 bridgehead atoms. The summed E-state index contributed by atoms with van der Waals surface area (Å²) in [6.07, 6.45) is 2.33. The number of aliphatic hydroxyl groups excluding tert-OH is 1. The lowest BCUT2D eigenvalue weighted by atomic mass is 10.1. The molecule has 1 atom stereocenters. The molecule has 0 saturated carbocycles. The fraction of sp³-hybridized carbons (Fsp3) is 0.385. The molecule has 1 unspecified atom stereocenters. The molecule has 1 aromatic carbocycles. The summed E-state index contributed by atoms with van der Waals surface area (Å²) < 4.78 is 0. The van der Waals surface area contributed by atoms with E-state index in [2.05, 4.69) is 18.8 Å². The van der Waals surface area contributed by atoms with Crippen molar-refractivity contribution in [2.24, 2.45) is 0 Å². The Morgan fingerprint density at radius 2 is 2.27 bits per heavy atom. The normalized spacial score (nSPS) is 11.7. The first-order chi connectivity index (χ1) is 7.24. The largest absolute Gasteiger partial charge is 0.376 e. The molecule has 1 nitrogen and oxygen atoms in total. The Morgan fingerprint density at radius 1 is 1.47 bits per heavy atom. The molecule has 0 radical (unpaired) electrons. The Morgan fingerprint density at radius 3 is 2.93 bits per heavy atom. The van der Waals surface area contributed by atoms with Gasteiger partial charge in [-0.3, -0.25) is 0 Å². The predicted molar refractivity (Wildman–Crippen MR) is 63.7 cm³/mol. The smallest absolute Gasteiger partial charge is 0.140 e. The van der Waals surface area contributed by atoms with Crippen LogP contribution >= 0.6 is 11.6 Å². The topological polar surface area (TPSA) is 20.2 Å². The molecule has 0 aliphatic rings. The van der Waals surface area contributed by atoms with E-state index in [4.69, 9.17) is 11.6 Å².